The van der Waals surface area contributed by atoms with Crippen molar-refractivity contribution in [3.63, 3.8) is 0 Å². The van der Waals surface area contributed by atoms with Crippen LogP contribution in [0, 0.1) is 13.7 Å². The summed E-state index contributed by atoms with van der Waals surface area (Å²) in [5, 5.41) is 20.0. The summed E-state index contributed by atoms with van der Waals surface area (Å²) in [5.41, 5.74) is -0.962. The van der Waals surface area contributed by atoms with Gasteiger partial charge in [-0.3, -0.25) is 10.1 Å². The molecule has 7 heteroatoms. The maximum Gasteiger partial charge on any atom is 0.342 e. The van der Waals surface area contributed by atoms with E-state index in [0.717, 1.165) is 3.57 Å². The van der Waals surface area contributed by atoms with E-state index in [2.05, 4.69) is 22.6 Å². The summed E-state index contributed by atoms with van der Waals surface area (Å²) in [4.78, 5) is 21.3. The monoisotopic (exact) mass is 385 g/mol. The number of nitro benzene ring substituents is 1. The minimum absolute atomic E-state index is 0.101. The Bertz CT molecular complexity index is 669. The molecule has 0 aliphatic heterocycles. The summed E-state index contributed by atoms with van der Waals surface area (Å²) < 4.78 is 6.40. The number of aromatic carboxylic acids is 1. The van der Waals surface area contributed by atoms with Crippen LogP contribution in [0.3, 0.4) is 0 Å². The van der Waals surface area contributed by atoms with Crippen molar-refractivity contribution in [2.75, 3.05) is 0 Å². The lowest BCUT2D eigenvalue weighted by molar-refractivity contribution is -0.386. The highest BCUT2D eigenvalue weighted by Crippen LogP contribution is 2.34. The summed E-state index contributed by atoms with van der Waals surface area (Å²) in [5.74, 6) is -1.07. The van der Waals surface area contributed by atoms with Crippen molar-refractivity contribution in [3.8, 4) is 11.5 Å². The molecule has 0 heterocycles. The van der Waals surface area contributed by atoms with Gasteiger partial charge >= 0.3 is 11.7 Å². The minimum Gasteiger partial charge on any atom is -0.477 e. The first-order valence-electron chi connectivity index (χ1n) is 5.43. The first kappa shape index (κ1) is 14.3. The number of hydrogen-bond acceptors (Lipinski definition) is 4. The van der Waals surface area contributed by atoms with Crippen molar-refractivity contribution in [2.45, 2.75) is 0 Å². The molecule has 0 aliphatic rings. The Morgan fingerprint density at radius 2 is 1.85 bits per heavy atom. The molecule has 2 aromatic carbocycles. The van der Waals surface area contributed by atoms with Gasteiger partial charge in [0.2, 0.25) is 5.75 Å². The highest BCUT2D eigenvalue weighted by atomic mass is 127. The molecular formula is C13H8INO5. The second-order valence-corrected chi connectivity index (χ2v) is 5.02. The van der Waals surface area contributed by atoms with Gasteiger partial charge in [-0.25, -0.2) is 4.79 Å². The highest BCUT2D eigenvalue weighted by Gasteiger charge is 2.25. The second kappa shape index (κ2) is 5.87. The van der Waals surface area contributed by atoms with E-state index in [4.69, 9.17) is 9.84 Å². The molecule has 0 unspecified atom stereocenters. The first-order valence-corrected chi connectivity index (χ1v) is 6.51. The summed E-state index contributed by atoms with van der Waals surface area (Å²) in [6.07, 6.45) is 0. The van der Waals surface area contributed by atoms with Gasteiger partial charge in [0.1, 0.15) is 11.3 Å². The van der Waals surface area contributed by atoms with Crippen molar-refractivity contribution >= 4 is 34.2 Å². The number of carbonyl (C=O) groups is 1. The predicted octanol–water partition coefficient (Wildman–Crippen LogP) is 3.69. The average Bonchev–Trinajstić information content (AvgIpc) is 2.40. The molecule has 0 atom stereocenters. The van der Waals surface area contributed by atoms with Gasteiger partial charge < -0.3 is 9.84 Å². The molecule has 0 saturated heterocycles. The van der Waals surface area contributed by atoms with Crippen LogP contribution in [0.4, 0.5) is 5.69 Å². The van der Waals surface area contributed by atoms with Crippen molar-refractivity contribution in [2.24, 2.45) is 0 Å². The van der Waals surface area contributed by atoms with Gasteiger partial charge in [0.25, 0.3) is 0 Å². The van der Waals surface area contributed by atoms with Gasteiger partial charge in [0.05, 0.1) is 4.92 Å². The number of carboxylic acid groups (broad SMARTS) is 1. The van der Waals surface area contributed by atoms with E-state index in [1.165, 1.54) is 18.2 Å². The number of benzene rings is 2. The molecule has 20 heavy (non-hydrogen) atoms. The van der Waals surface area contributed by atoms with Crippen LogP contribution in [0.15, 0.2) is 42.5 Å². The van der Waals surface area contributed by atoms with Gasteiger partial charge in [-0.2, -0.15) is 0 Å². The Kier molecular flexibility index (Phi) is 4.18. The van der Waals surface area contributed by atoms with Crippen LogP contribution in [-0.4, -0.2) is 16.0 Å². The number of carboxylic acids is 1. The molecule has 0 aliphatic carbocycles. The number of halogens is 1. The number of ether oxygens (including phenoxy) is 1. The quantitative estimate of drug-likeness (QED) is 0.493. The van der Waals surface area contributed by atoms with Gasteiger partial charge in [-0.05, 0) is 59.0 Å². The molecule has 102 valence electrons. The fourth-order valence-corrected chi connectivity index (χ4v) is 1.95. The third-order valence-electron chi connectivity index (χ3n) is 2.45. The summed E-state index contributed by atoms with van der Waals surface area (Å²) >= 11 is 2.12. The van der Waals surface area contributed by atoms with E-state index in [9.17, 15) is 14.9 Å². The zero-order chi connectivity index (χ0) is 14.7. The zero-order valence-electron chi connectivity index (χ0n) is 9.95. The fourth-order valence-electron chi connectivity index (χ4n) is 1.60. The lowest BCUT2D eigenvalue weighted by Crippen LogP contribution is -2.04. The minimum atomic E-state index is -1.37. The highest BCUT2D eigenvalue weighted by molar-refractivity contribution is 14.1. The molecule has 6 nitrogen and oxygen atoms in total. The van der Waals surface area contributed by atoms with Crippen LogP contribution in [0.2, 0.25) is 0 Å². The van der Waals surface area contributed by atoms with Crippen LogP contribution in [0.1, 0.15) is 10.4 Å². The SMILES string of the molecule is O=C(O)c1cccc(Oc2ccc(I)cc2)c1[N+](=O)[O-]. The van der Waals surface area contributed by atoms with Gasteiger partial charge in [0.15, 0.2) is 0 Å². The van der Waals surface area contributed by atoms with E-state index >= 15 is 0 Å². The molecule has 0 bridgehead atoms. The number of nitro groups is 1. The predicted molar refractivity (Wildman–Crippen MR) is 79.3 cm³/mol. The van der Waals surface area contributed by atoms with E-state index in [1.807, 2.05) is 0 Å². The van der Waals surface area contributed by atoms with Crippen LogP contribution in [-0.2, 0) is 0 Å². The van der Waals surface area contributed by atoms with E-state index in [1.54, 1.807) is 24.3 Å². The van der Waals surface area contributed by atoms with E-state index in [0.29, 0.717) is 5.75 Å². The van der Waals surface area contributed by atoms with Gasteiger partial charge in [-0.1, -0.05) is 6.07 Å². The van der Waals surface area contributed by atoms with E-state index < -0.39 is 22.1 Å². The average molecular weight is 385 g/mol. The van der Waals surface area contributed by atoms with Crippen molar-refractivity contribution in [3.05, 3.63) is 61.7 Å². The van der Waals surface area contributed by atoms with Gasteiger partial charge in [0, 0.05) is 3.57 Å². The second-order valence-electron chi connectivity index (χ2n) is 3.77. The Hall–Kier alpha value is -2.16. The maximum absolute atomic E-state index is 11.1. The Labute approximate surface area is 127 Å². The molecule has 0 aromatic heterocycles. The molecule has 0 radical (unpaired) electrons. The van der Waals surface area contributed by atoms with Crippen LogP contribution < -0.4 is 4.74 Å². The Morgan fingerprint density at radius 3 is 2.40 bits per heavy atom. The molecule has 0 spiro atoms. The molecular weight excluding hydrogens is 377 g/mol. The summed E-state index contributed by atoms with van der Waals surface area (Å²) in [6, 6.07) is 10.8. The Balaban J connectivity index is 2.46. The molecule has 0 amide bonds. The van der Waals surface area contributed by atoms with Crippen LogP contribution in [0.5, 0.6) is 11.5 Å². The van der Waals surface area contributed by atoms with Crippen LogP contribution in [0.25, 0.3) is 0 Å². The standard InChI is InChI=1S/C13H8INO5/c14-8-4-6-9(7-5-8)20-11-3-1-2-10(13(16)17)12(11)15(18)19/h1-7H,(H,16,17). The van der Waals surface area contributed by atoms with E-state index in [-0.39, 0.29) is 5.75 Å². The number of para-hydroxylation sites is 1. The largest absolute Gasteiger partial charge is 0.477 e. The lowest BCUT2D eigenvalue weighted by atomic mass is 10.1. The Morgan fingerprint density at radius 1 is 1.20 bits per heavy atom. The normalized spacial score (nSPS) is 10.1. The lowest BCUT2D eigenvalue weighted by Gasteiger charge is -2.07. The van der Waals surface area contributed by atoms with Crippen molar-refractivity contribution < 1.29 is 19.6 Å². The third kappa shape index (κ3) is 3.05. The smallest absolute Gasteiger partial charge is 0.342 e. The molecule has 2 rings (SSSR count). The maximum atomic E-state index is 11.1. The summed E-state index contributed by atoms with van der Waals surface area (Å²) in [6.45, 7) is 0. The molecule has 0 saturated carbocycles. The van der Waals surface area contributed by atoms with Crippen molar-refractivity contribution in [1.82, 2.24) is 0 Å². The van der Waals surface area contributed by atoms with Crippen molar-refractivity contribution in [1.29, 1.82) is 0 Å². The summed E-state index contributed by atoms with van der Waals surface area (Å²) in [7, 11) is 0. The van der Waals surface area contributed by atoms with Crippen LogP contribution >= 0.6 is 22.6 Å². The number of hydrogen-bond donors (Lipinski definition) is 1. The molecule has 2 aromatic rings. The first-order chi connectivity index (χ1) is 9.49. The van der Waals surface area contributed by atoms with Gasteiger partial charge in [-0.15, -0.1) is 0 Å². The number of rotatable bonds is 4. The number of nitrogens with zero attached hydrogens (tertiary/aromatic N) is 1. The third-order valence-corrected chi connectivity index (χ3v) is 3.17. The molecule has 0 fully saturated rings. The zero-order valence-corrected chi connectivity index (χ0v) is 12.1. The fraction of sp³-hybridized carbons (Fsp3) is 0. The molecule has 1 N–H and O–H groups in total. The topological polar surface area (TPSA) is 89.7 Å².